The van der Waals surface area contributed by atoms with Gasteiger partial charge in [0.25, 0.3) is 5.91 Å². The number of amides is 2. The average Bonchev–Trinajstić information content (AvgIpc) is 3.17. The summed E-state index contributed by atoms with van der Waals surface area (Å²) in [5.41, 5.74) is 0.946. The summed E-state index contributed by atoms with van der Waals surface area (Å²) in [6, 6.07) is 4.97. The van der Waals surface area contributed by atoms with Crippen LogP contribution in [0, 0.1) is 11.8 Å². The van der Waals surface area contributed by atoms with Crippen molar-refractivity contribution in [3.63, 3.8) is 0 Å². The van der Waals surface area contributed by atoms with E-state index >= 15 is 0 Å². The number of benzene rings is 1. The number of nitrogens with one attached hydrogen (secondary N) is 3. The minimum atomic E-state index is -0.186. The Morgan fingerprint density at radius 2 is 2.04 bits per heavy atom. The Labute approximate surface area is 146 Å². The lowest BCUT2D eigenvalue weighted by Gasteiger charge is -2.14. The van der Waals surface area contributed by atoms with Gasteiger partial charge in [0.2, 0.25) is 5.91 Å². The first kappa shape index (κ1) is 18.0. The monoisotopic (exact) mass is 357 g/mol. The highest BCUT2D eigenvalue weighted by molar-refractivity contribution is 6.31. The standard InChI is InChI=1S/C16H20ClN3O2.ClH/c17-12-3-4-14(20-15(21)11-5-6-18-9-11)13(7-12)16(22)19-8-10-1-2-10;/h3-4,7,10-11,18H,1-2,5-6,8-9H2,(H,19,22)(H,20,21);1H. The Balaban J connectivity index is 0.00000192. The van der Waals surface area contributed by atoms with Crippen molar-refractivity contribution in [1.29, 1.82) is 0 Å². The van der Waals surface area contributed by atoms with Gasteiger partial charge in [-0.05, 0) is 49.9 Å². The van der Waals surface area contributed by atoms with Crippen molar-refractivity contribution in [2.75, 3.05) is 25.0 Å². The van der Waals surface area contributed by atoms with Gasteiger partial charge >= 0.3 is 0 Å². The molecule has 1 atom stereocenters. The quantitative estimate of drug-likeness (QED) is 0.757. The van der Waals surface area contributed by atoms with Crippen molar-refractivity contribution < 1.29 is 9.59 Å². The van der Waals surface area contributed by atoms with Gasteiger partial charge in [-0.15, -0.1) is 12.4 Å². The third-order valence-corrected chi connectivity index (χ3v) is 4.40. The molecule has 2 fully saturated rings. The van der Waals surface area contributed by atoms with Crippen molar-refractivity contribution in [3.05, 3.63) is 28.8 Å². The van der Waals surface area contributed by atoms with E-state index in [1.54, 1.807) is 18.2 Å². The van der Waals surface area contributed by atoms with Gasteiger partial charge in [-0.3, -0.25) is 9.59 Å². The van der Waals surface area contributed by atoms with Crippen LogP contribution in [0.25, 0.3) is 0 Å². The van der Waals surface area contributed by atoms with E-state index in [1.165, 1.54) is 12.8 Å². The summed E-state index contributed by atoms with van der Waals surface area (Å²) in [6.07, 6.45) is 3.17. The lowest BCUT2D eigenvalue weighted by Crippen LogP contribution is -2.29. The molecule has 1 aromatic carbocycles. The molecule has 2 amide bonds. The van der Waals surface area contributed by atoms with Gasteiger partial charge in [-0.25, -0.2) is 0 Å². The van der Waals surface area contributed by atoms with E-state index in [2.05, 4.69) is 16.0 Å². The Morgan fingerprint density at radius 3 is 2.70 bits per heavy atom. The van der Waals surface area contributed by atoms with Gasteiger partial charge in [0.05, 0.1) is 17.2 Å². The molecule has 3 N–H and O–H groups in total. The zero-order valence-corrected chi connectivity index (χ0v) is 14.3. The lowest BCUT2D eigenvalue weighted by molar-refractivity contribution is -0.119. The summed E-state index contributed by atoms with van der Waals surface area (Å²) >= 11 is 6.00. The van der Waals surface area contributed by atoms with E-state index in [0.29, 0.717) is 35.3 Å². The summed E-state index contributed by atoms with van der Waals surface area (Å²) in [5, 5.41) is 9.42. The van der Waals surface area contributed by atoms with Gasteiger partial charge in [0, 0.05) is 18.1 Å². The molecule has 1 heterocycles. The molecular formula is C16H21Cl2N3O2. The third kappa shape index (κ3) is 4.83. The molecule has 126 valence electrons. The molecule has 0 bridgehead atoms. The first-order chi connectivity index (χ1) is 10.6. The van der Waals surface area contributed by atoms with Gasteiger partial charge in [-0.1, -0.05) is 11.6 Å². The Morgan fingerprint density at radius 1 is 1.26 bits per heavy atom. The molecule has 1 unspecified atom stereocenters. The summed E-state index contributed by atoms with van der Waals surface area (Å²) in [4.78, 5) is 24.6. The topological polar surface area (TPSA) is 70.2 Å². The van der Waals surface area contributed by atoms with E-state index in [9.17, 15) is 9.59 Å². The van der Waals surface area contributed by atoms with E-state index in [0.717, 1.165) is 13.0 Å². The maximum absolute atomic E-state index is 12.3. The molecular weight excluding hydrogens is 337 g/mol. The molecule has 3 rings (SSSR count). The molecule has 0 radical (unpaired) electrons. The lowest BCUT2D eigenvalue weighted by atomic mass is 10.1. The maximum atomic E-state index is 12.3. The summed E-state index contributed by atoms with van der Waals surface area (Å²) in [6.45, 7) is 2.22. The van der Waals surface area contributed by atoms with Crippen molar-refractivity contribution in [2.45, 2.75) is 19.3 Å². The second kappa shape index (κ2) is 7.99. The van der Waals surface area contributed by atoms with Crippen LogP contribution in [0.5, 0.6) is 0 Å². The van der Waals surface area contributed by atoms with Crippen LogP contribution in [0.2, 0.25) is 5.02 Å². The highest BCUT2D eigenvalue weighted by Crippen LogP contribution is 2.28. The van der Waals surface area contributed by atoms with Crippen LogP contribution in [0.15, 0.2) is 18.2 Å². The van der Waals surface area contributed by atoms with Gasteiger partial charge in [0.1, 0.15) is 0 Å². The molecule has 0 spiro atoms. The van der Waals surface area contributed by atoms with Crippen molar-refractivity contribution in [1.82, 2.24) is 10.6 Å². The molecule has 23 heavy (non-hydrogen) atoms. The summed E-state index contributed by atoms with van der Waals surface area (Å²) < 4.78 is 0. The first-order valence-corrected chi connectivity index (χ1v) is 8.10. The fourth-order valence-corrected chi connectivity index (χ4v) is 2.75. The van der Waals surface area contributed by atoms with E-state index in [-0.39, 0.29) is 30.1 Å². The number of rotatable bonds is 5. The van der Waals surface area contributed by atoms with Crippen molar-refractivity contribution >= 4 is 41.5 Å². The molecule has 1 aromatic rings. The number of hydrogen-bond acceptors (Lipinski definition) is 3. The van der Waals surface area contributed by atoms with Crippen LogP contribution in [0.4, 0.5) is 5.69 Å². The van der Waals surface area contributed by atoms with Crippen LogP contribution < -0.4 is 16.0 Å². The minimum Gasteiger partial charge on any atom is -0.352 e. The Hall–Kier alpha value is -1.30. The van der Waals surface area contributed by atoms with Gasteiger partial charge in [-0.2, -0.15) is 0 Å². The van der Waals surface area contributed by atoms with E-state index < -0.39 is 0 Å². The maximum Gasteiger partial charge on any atom is 0.253 e. The van der Waals surface area contributed by atoms with Crippen LogP contribution in [0.1, 0.15) is 29.6 Å². The second-order valence-corrected chi connectivity index (χ2v) is 6.46. The molecule has 0 aromatic heterocycles. The molecule has 7 heteroatoms. The van der Waals surface area contributed by atoms with Gasteiger partial charge in [0.15, 0.2) is 0 Å². The number of hydrogen-bond donors (Lipinski definition) is 3. The SMILES string of the molecule is Cl.O=C(NCC1CC1)c1cc(Cl)ccc1NC(=O)C1CCNC1. The Kier molecular flexibility index (Phi) is 6.27. The highest BCUT2D eigenvalue weighted by atomic mass is 35.5. The number of anilines is 1. The van der Waals surface area contributed by atoms with Gasteiger partial charge < -0.3 is 16.0 Å². The van der Waals surface area contributed by atoms with Crippen LogP contribution >= 0.6 is 24.0 Å². The molecule has 1 saturated heterocycles. The molecule has 1 saturated carbocycles. The smallest absolute Gasteiger partial charge is 0.253 e. The summed E-state index contributed by atoms with van der Waals surface area (Å²) in [5.74, 6) is 0.321. The third-order valence-electron chi connectivity index (χ3n) is 4.16. The minimum absolute atomic E-state index is 0. The first-order valence-electron chi connectivity index (χ1n) is 7.73. The molecule has 5 nitrogen and oxygen atoms in total. The van der Waals surface area contributed by atoms with Crippen LogP contribution in [0.3, 0.4) is 0 Å². The molecule has 1 aliphatic carbocycles. The normalized spacial score (nSPS) is 19.8. The molecule has 2 aliphatic rings. The Bertz CT molecular complexity index is 585. The number of carbonyl (C=O) groups is 2. The van der Waals surface area contributed by atoms with Crippen LogP contribution in [-0.2, 0) is 4.79 Å². The predicted octanol–water partition coefficient (Wildman–Crippen LogP) is 2.45. The fraction of sp³-hybridized carbons (Fsp3) is 0.500. The van der Waals surface area contributed by atoms with E-state index in [4.69, 9.17) is 11.6 Å². The second-order valence-electron chi connectivity index (χ2n) is 6.02. The zero-order chi connectivity index (χ0) is 15.5. The van der Waals surface area contributed by atoms with Crippen molar-refractivity contribution in [2.24, 2.45) is 11.8 Å². The highest BCUT2D eigenvalue weighted by Gasteiger charge is 2.25. The number of halogens is 2. The van der Waals surface area contributed by atoms with Crippen molar-refractivity contribution in [3.8, 4) is 0 Å². The van der Waals surface area contributed by atoms with Crippen LogP contribution in [-0.4, -0.2) is 31.4 Å². The fourth-order valence-electron chi connectivity index (χ4n) is 2.58. The summed E-state index contributed by atoms with van der Waals surface area (Å²) in [7, 11) is 0. The zero-order valence-electron chi connectivity index (χ0n) is 12.7. The molecule has 1 aliphatic heterocycles. The largest absolute Gasteiger partial charge is 0.352 e. The van der Waals surface area contributed by atoms with E-state index in [1.807, 2.05) is 0 Å². The predicted molar refractivity (Wildman–Crippen MR) is 93.4 cm³/mol. The number of carbonyl (C=O) groups excluding carboxylic acids is 2. The average molecular weight is 358 g/mol.